The average Bonchev–Trinajstić information content (AvgIpc) is 3.18. The molecule has 6 heteroatoms. The maximum absolute atomic E-state index is 12.4. The van der Waals surface area contributed by atoms with E-state index in [9.17, 15) is 14.7 Å². The summed E-state index contributed by atoms with van der Waals surface area (Å²) < 4.78 is 0. The molecule has 2 amide bonds. The largest absolute Gasteiger partial charge is 0.391 e. The molecule has 5 nitrogen and oxygen atoms in total. The number of nitrogens with zero attached hydrogens (tertiary/aromatic N) is 1. The topological polar surface area (TPSA) is 69.6 Å². The second-order valence-corrected chi connectivity index (χ2v) is 6.62. The van der Waals surface area contributed by atoms with Gasteiger partial charge in [0.1, 0.15) is 6.04 Å². The van der Waals surface area contributed by atoms with Crippen LogP contribution in [-0.2, 0) is 16.0 Å². The Balaban J connectivity index is 1.88. The van der Waals surface area contributed by atoms with E-state index in [4.69, 9.17) is 0 Å². The highest BCUT2D eigenvalue weighted by atomic mass is 32.1. The van der Waals surface area contributed by atoms with Crippen molar-refractivity contribution in [3.05, 3.63) is 22.4 Å². The normalized spacial score (nSPS) is 17.1. The molecule has 116 valence electrons. The summed E-state index contributed by atoms with van der Waals surface area (Å²) in [6.45, 7) is 2.10. The molecule has 0 aromatic carbocycles. The van der Waals surface area contributed by atoms with Crippen molar-refractivity contribution in [3.8, 4) is 0 Å². The van der Waals surface area contributed by atoms with Crippen LogP contribution in [0.2, 0.25) is 0 Å². The summed E-state index contributed by atoms with van der Waals surface area (Å²) in [5.41, 5.74) is 0. The van der Waals surface area contributed by atoms with Gasteiger partial charge < -0.3 is 15.3 Å². The van der Waals surface area contributed by atoms with Crippen LogP contribution in [0.3, 0.4) is 0 Å². The fourth-order valence-corrected chi connectivity index (χ4v) is 2.78. The molecule has 0 spiro atoms. The van der Waals surface area contributed by atoms with E-state index in [-0.39, 0.29) is 17.7 Å². The van der Waals surface area contributed by atoms with Gasteiger partial charge in [0.15, 0.2) is 0 Å². The number of aliphatic hydroxyl groups excluding tert-OH is 1. The third-order valence-electron chi connectivity index (χ3n) is 3.64. The minimum Gasteiger partial charge on any atom is -0.391 e. The Bertz CT molecular complexity index is 483. The third-order valence-corrected chi connectivity index (χ3v) is 4.58. The molecule has 1 aromatic heterocycles. The molecule has 2 atom stereocenters. The molecular weight excluding hydrogens is 288 g/mol. The molecule has 0 radical (unpaired) electrons. The molecule has 1 fully saturated rings. The highest BCUT2D eigenvalue weighted by Crippen LogP contribution is 2.29. The van der Waals surface area contributed by atoms with Crippen molar-refractivity contribution in [1.82, 2.24) is 10.2 Å². The van der Waals surface area contributed by atoms with E-state index >= 15 is 0 Å². The van der Waals surface area contributed by atoms with E-state index in [1.807, 2.05) is 17.5 Å². The van der Waals surface area contributed by atoms with Gasteiger partial charge in [-0.15, -0.1) is 11.3 Å². The predicted molar refractivity (Wildman–Crippen MR) is 82.0 cm³/mol. The number of carbonyl (C=O) groups excluding carboxylic acids is 2. The number of hydrogen-bond donors (Lipinski definition) is 2. The monoisotopic (exact) mass is 310 g/mol. The van der Waals surface area contributed by atoms with Crippen molar-refractivity contribution in [2.75, 3.05) is 13.6 Å². The molecular formula is C15H22N2O3S. The zero-order valence-electron chi connectivity index (χ0n) is 12.4. The van der Waals surface area contributed by atoms with Crippen molar-refractivity contribution in [2.45, 2.75) is 38.3 Å². The standard InChI is InChI=1S/C15H22N2O3S/c1-10(18)13(16-14(19)11-5-6-11)15(20)17(2)8-7-12-4-3-9-21-12/h3-4,9-11,13,18H,5-8H2,1-2H3,(H,16,19). The van der Waals surface area contributed by atoms with E-state index in [2.05, 4.69) is 5.32 Å². The van der Waals surface area contributed by atoms with Crippen LogP contribution in [-0.4, -0.2) is 47.6 Å². The van der Waals surface area contributed by atoms with Crippen LogP contribution in [0, 0.1) is 5.92 Å². The molecule has 21 heavy (non-hydrogen) atoms. The molecule has 2 rings (SSSR count). The van der Waals surface area contributed by atoms with E-state index in [1.54, 1.807) is 23.3 Å². The maximum atomic E-state index is 12.4. The number of nitrogens with one attached hydrogen (secondary N) is 1. The van der Waals surface area contributed by atoms with E-state index in [0.717, 1.165) is 19.3 Å². The van der Waals surface area contributed by atoms with Crippen LogP contribution in [0.25, 0.3) is 0 Å². The molecule has 0 saturated heterocycles. The van der Waals surface area contributed by atoms with Crippen LogP contribution < -0.4 is 5.32 Å². The summed E-state index contributed by atoms with van der Waals surface area (Å²) >= 11 is 1.66. The Morgan fingerprint density at radius 1 is 1.52 bits per heavy atom. The zero-order chi connectivity index (χ0) is 15.4. The van der Waals surface area contributed by atoms with Crippen molar-refractivity contribution in [1.29, 1.82) is 0 Å². The molecule has 2 unspecified atom stereocenters. The number of hydrogen-bond acceptors (Lipinski definition) is 4. The first-order valence-electron chi connectivity index (χ1n) is 7.25. The fourth-order valence-electron chi connectivity index (χ4n) is 2.09. The molecule has 1 aromatic rings. The quantitative estimate of drug-likeness (QED) is 0.790. The molecule has 2 N–H and O–H groups in total. The predicted octanol–water partition coefficient (Wildman–Crippen LogP) is 1.02. The van der Waals surface area contributed by atoms with E-state index in [0.29, 0.717) is 6.54 Å². The third kappa shape index (κ3) is 4.54. The van der Waals surface area contributed by atoms with Crippen molar-refractivity contribution >= 4 is 23.2 Å². The van der Waals surface area contributed by atoms with Crippen LogP contribution in [0.1, 0.15) is 24.6 Å². The summed E-state index contributed by atoms with van der Waals surface area (Å²) in [6.07, 6.45) is 1.63. The van der Waals surface area contributed by atoms with Gasteiger partial charge in [0.05, 0.1) is 6.10 Å². The number of amides is 2. The van der Waals surface area contributed by atoms with Gasteiger partial charge in [0.2, 0.25) is 11.8 Å². The summed E-state index contributed by atoms with van der Waals surface area (Å²) in [7, 11) is 1.70. The lowest BCUT2D eigenvalue weighted by Gasteiger charge is -2.26. The Hall–Kier alpha value is -1.40. The number of thiophene rings is 1. The van der Waals surface area contributed by atoms with Crippen LogP contribution in [0.5, 0.6) is 0 Å². The summed E-state index contributed by atoms with van der Waals surface area (Å²) in [5.74, 6) is -0.341. The molecule has 1 aliphatic carbocycles. The van der Waals surface area contributed by atoms with Gasteiger partial charge in [0.25, 0.3) is 0 Å². The minimum absolute atomic E-state index is 0.0236. The SMILES string of the molecule is CC(O)C(NC(=O)C1CC1)C(=O)N(C)CCc1cccs1. The average molecular weight is 310 g/mol. The van der Waals surface area contributed by atoms with Crippen molar-refractivity contribution < 1.29 is 14.7 Å². The fraction of sp³-hybridized carbons (Fsp3) is 0.600. The lowest BCUT2D eigenvalue weighted by atomic mass is 10.1. The Morgan fingerprint density at radius 2 is 2.24 bits per heavy atom. The highest BCUT2D eigenvalue weighted by molar-refractivity contribution is 7.09. The molecule has 0 aliphatic heterocycles. The molecule has 1 saturated carbocycles. The second-order valence-electron chi connectivity index (χ2n) is 5.59. The minimum atomic E-state index is -0.899. The lowest BCUT2D eigenvalue weighted by molar-refractivity contribution is -0.138. The number of rotatable bonds is 7. The smallest absolute Gasteiger partial charge is 0.247 e. The highest BCUT2D eigenvalue weighted by Gasteiger charge is 2.35. The Morgan fingerprint density at radius 3 is 2.76 bits per heavy atom. The second kappa shape index (κ2) is 7.04. The van der Waals surface area contributed by atoms with Gasteiger partial charge in [0, 0.05) is 24.4 Å². The summed E-state index contributed by atoms with van der Waals surface area (Å²) in [4.78, 5) is 27.0. The van der Waals surface area contributed by atoms with Crippen LogP contribution >= 0.6 is 11.3 Å². The van der Waals surface area contributed by atoms with E-state index < -0.39 is 12.1 Å². The first-order chi connectivity index (χ1) is 9.99. The Kier molecular flexibility index (Phi) is 5.36. The van der Waals surface area contributed by atoms with Gasteiger partial charge in [-0.3, -0.25) is 9.59 Å². The Labute approximate surface area is 129 Å². The summed E-state index contributed by atoms with van der Waals surface area (Å²) in [6, 6.07) is 3.16. The van der Waals surface area contributed by atoms with Crippen LogP contribution in [0.4, 0.5) is 0 Å². The maximum Gasteiger partial charge on any atom is 0.247 e. The molecule has 1 heterocycles. The summed E-state index contributed by atoms with van der Waals surface area (Å²) in [5, 5.41) is 14.5. The van der Waals surface area contributed by atoms with Gasteiger partial charge in [-0.2, -0.15) is 0 Å². The van der Waals surface area contributed by atoms with Crippen molar-refractivity contribution in [3.63, 3.8) is 0 Å². The molecule has 1 aliphatic rings. The van der Waals surface area contributed by atoms with Crippen LogP contribution in [0.15, 0.2) is 17.5 Å². The lowest BCUT2D eigenvalue weighted by Crippen LogP contribution is -2.53. The van der Waals surface area contributed by atoms with Gasteiger partial charge >= 0.3 is 0 Å². The molecule has 0 bridgehead atoms. The first kappa shape index (κ1) is 16.0. The van der Waals surface area contributed by atoms with Crippen molar-refractivity contribution in [2.24, 2.45) is 5.92 Å². The van der Waals surface area contributed by atoms with Gasteiger partial charge in [-0.05, 0) is 37.6 Å². The van der Waals surface area contributed by atoms with Gasteiger partial charge in [-0.1, -0.05) is 6.07 Å². The van der Waals surface area contributed by atoms with E-state index in [1.165, 1.54) is 11.8 Å². The first-order valence-corrected chi connectivity index (χ1v) is 8.13. The number of likely N-dealkylation sites (N-methyl/N-ethyl adjacent to an activating group) is 1. The number of carbonyl (C=O) groups is 2. The van der Waals surface area contributed by atoms with Gasteiger partial charge in [-0.25, -0.2) is 0 Å². The number of aliphatic hydroxyl groups is 1. The zero-order valence-corrected chi connectivity index (χ0v) is 13.2.